The van der Waals surface area contributed by atoms with Gasteiger partial charge in [0.25, 0.3) is 0 Å². The van der Waals surface area contributed by atoms with Gasteiger partial charge in [-0.15, -0.1) is 24.0 Å². The summed E-state index contributed by atoms with van der Waals surface area (Å²) in [7, 11) is 8.08. The summed E-state index contributed by atoms with van der Waals surface area (Å²) in [5.74, 6) is 1.86. The Bertz CT molecular complexity index is 617. The van der Waals surface area contributed by atoms with E-state index in [0.717, 1.165) is 18.3 Å². The number of aryl methyl sites for hydroxylation is 1. The van der Waals surface area contributed by atoms with Gasteiger partial charge >= 0.3 is 0 Å². The van der Waals surface area contributed by atoms with Gasteiger partial charge in [0, 0.05) is 33.2 Å². The first-order chi connectivity index (χ1) is 13.0. The highest BCUT2D eigenvalue weighted by molar-refractivity contribution is 14.0. The summed E-state index contributed by atoms with van der Waals surface area (Å²) < 4.78 is 1.82. The summed E-state index contributed by atoms with van der Waals surface area (Å²) in [6, 6.07) is 0. The number of rotatable bonds is 5. The van der Waals surface area contributed by atoms with Crippen LogP contribution in [0.1, 0.15) is 37.9 Å². The Hall–Kier alpha value is -0.940. The lowest BCUT2D eigenvalue weighted by Crippen LogP contribution is -2.62. The van der Waals surface area contributed by atoms with Crippen LogP contribution in [0.3, 0.4) is 0 Å². The van der Waals surface area contributed by atoms with Crippen molar-refractivity contribution >= 4 is 29.9 Å². The van der Waals surface area contributed by atoms with Crippen LogP contribution in [0.5, 0.6) is 0 Å². The second-order valence-corrected chi connectivity index (χ2v) is 8.13. The summed E-state index contributed by atoms with van der Waals surface area (Å²) in [5, 5.41) is 7.84. The SMILES string of the molecule is CN=C(NCC1(N2CCCCC2)CCN(C)CC1)N(C)Cc1ncnn1C.I. The van der Waals surface area contributed by atoms with E-state index in [2.05, 4.69) is 49.2 Å². The summed E-state index contributed by atoms with van der Waals surface area (Å²) >= 11 is 0. The van der Waals surface area contributed by atoms with Crippen LogP contribution >= 0.6 is 24.0 Å². The fourth-order valence-electron chi connectivity index (χ4n) is 4.39. The summed E-state index contributed by atoms with van der Waals surface area (Å²) in [6.07, 6.45) is 8.09. The van der Waals surface area contributed by atoms with Gasteiger partial charge in [-0.25, -0.2) is 4.98 Å². The van der Waals surface area contributed by atoms with E-state index in [1.165, 1.54) is 58.3 Å². The molecule has 2 fully saturated rings. The highest BCUT2D eigenvalue weighted by atomic mass is 127. The first kappa shape index (κ1) is 23.3. The zero-order valence-electron chi connectivity index (χ0n) is 17.9. The van der Waals surface area contributed by atoms with Crippen LogP contribution in [0.4, 0.5) is 0 Å². The number of hydrogen-bond acceptors (Lipinski definition) is 5. The molecule has 0 bridgehead atoms. The van der Waals surface area contributed by atoms with Crippen molar-refractivity contribution < 1.29 is 0 Å². The standard InChI is InChI=1S/C19H36N8.HI/c1-20-18(25(3)14-17-22-16-23-26(17)4)21-15-19(8-12-24(2)13-9-19)27-10-6-5-7-11-27;/h16H,5-15H2,1-4H3,(H,20,21);1H. The van der Waals surface area contributed by atoms with Crippen molar-refractivity contribution in [1.82, 2.24) is 34.8 Å². The fourth-order valence-corrected chi connectivity index (χ4v) is 4.39. The molecule has 0 aromatic carbocycles. The van der Waals surface area contributed by atoms with Crippen molar-refractivity contribution in [1.29, 1.82) is 0 Å². The number of nitrogens with one attached hydrogen (secondary N) is 1. The minimum Gasteiger partial charge on any atom is -0.354 e. The van der Waals surface area contributed by atoms with Gasteiger partial charge < -0.3 is 15.1 Å². The van der Waals surface area contributed by atoms with E-state index in [4.69, 9.17) is 0 Å². The normalized spacial score (nSPS) is 21.2. The number of guanidine groups is 1. The molecule has 2 aliphatic heterocycles. The minimum atomic E-state index is 0. The molecule has 1 N–H and O–H groups in total. The van der Waals surface area contributed by atoms with Crippen LogP contribution in [0.2, 0.25) is 0 Å². The smallest absolute Gasteiger partial charge is 0.193 e. The van der Waals surface area contributed by atoms with E-state index in [0.29, 0.717) is 6.54 Å². The van der Waals surface area contributed by atoms with Crippen LogP contribution in [-0.2, 0) is 13.6 Å². The van der Waals surface area contributed by atoms with Crippen molar-refractivity contribution in [3.8, 4) is 0 Å². The van der Waals surface area contributed by atoms with Crippen molar-refractivity contribution in [2.24, 2.45) is 12.0 Å². The molecule has 2 saturated heterocycles. The van der Waals surface area contributed by atoms with Crippen LogP contribution in [-0.4, -0.2) is 94.8 Å². The Balaban J connectivity index is 0.00000280. The number of likely N-dealkylation sites (tertiary alicyclic amines) is 2. The minimum absolute atomic E-state index is 0. The lowest BCUT2D eigenvalue weighted by atomic mass is 9.84. The maximum atomic E-state index is 4.52. The average Bonchev–Trinajstić information content (AvgIpc) is 3.09. The molecule has 28 heavy (non-hydrogen) atoms. The van der Waals surface area contributed by atoms with Gasteiger partial charge in [0.15, 0.2) is 5.96 Å². The second-order valence-electron chi connectivity index (χ2n) is 8.13. The average molecular weight is 504 g/mol. The lowest BCUT2D eigenvalue weighted by molar-refractivity contribution is 0.0170. The highest BCUT2D eigenvalue weighted by Gasteiger charge is 2.39. The van der Waals surface area contributed by atoms with E-state index in [1.54, 1.807) is 6.33 Å². The monoisotopic (exact) mass is 504 g/mol. The zero-order chi connectivity index (χ0) is 19.3. The molecule has 0 atom stereocenters. The number of aromatic nitrogens is 3. The third kappa shape index (κ3) is 5.56. The predicted octanol–water partition coefficient (Wildman–Crippen LogP) is 1.39. The fraction of sp³-hybridized carbons (Fsp3) is 0.842. The number of piperidine rings is 2. The molecule has 1 aromatic rings. The van der Waals surface area contributed by atoms with Gasteiger partial charge in [-0.3, -0.25) is 14.6 Å². The van der Waals surface area contributed by atoms with Crippen molar-refractivity contribution in [2.45, 2.75) is 44.2 Å². The van der Waals surface area contributed by atoms with Crippen molar-refractivity contribution in [2.75, 3.05) is 53.9 Å². The first-order valence-corrected chi connectivity index (χ1v) is 10.2. The molecule has 8 nitrogen and oxygen atoms in total. The highest BCUT2D eigenvalue weighted by Crippen LogP contribution is 2.30. The summed E-state index contributed by atoms with van der Waals surface area (Å²) in [4.78, 5) is 16.2. The molecule has 0 unspecified atom stereocenters. The second kappa shape index (κ2) is 10.7. The molecular formula is C19H37IN8. The number of halogens is 1. The molecule has 2 aliphatic rings. The molecule has 1 aromatic heterocycles. The third-order valence-electron chi connectivity index (χ3n) is 6.28. The van der Waals surface area contributed by atoms with Gasteiger partial charge in [0.05, 0.1) is 6.54 Å². The van der Waals surface area contributed by atoms with Gasteiger partial charge in [0.1, 0.15) is 12.2 Å². The first-order valence-electron chi connectivity index (χ1n) is 10.2. The van der Waals surface area contributed by atoms with Crippen LogP contribution in [0.25, 0.3) is 0 Å². The maximum Gasteiger partial charge on any atom is 0.193 e. The van der Waals surface area contributed by atoms with Crippen molar-refractivity contribution in [3.05, 3.63) is 12.2 Å². The van der Waals surface area contributed by atoms with Gasteiger partial charge in [-0.2, -0.15) is 5.10 Å². The third-order valence-corrected chi connectivity index (χ3v) is 6.28. The topological polar surface area (TPSA) is 64.8 Å². The molecule has 3 rings (SSSR count). The largest absolute Gasteiger partial charge is 0.354 e. The molecule has 0 spiro atoms. The van der Waals surface area contributed by atoms with E-state index in [-0.39, 0.29) is 29.5 Å². The Kier molecular flexibility index (Phi) is 8.94. The molecule has 0 saturated carbocycles. The Morgan fingerprint density at radius 3 is 2.43 bits per heavy atom. The predicted molar refractivity (Wildman–Crippen MR) is 124 cm³/mol. The van der Waals surface area contributed by atoms with E-state index >= 15 is 0 Å². The van der Waals surface area contributed by atoms with Crippen molar-refractivity contribution in [3.63, 3.8) is 0 Å². The Morgan fingerprint density at radius 2 is 1.86 bits per heavy atom. The van der Waals surface area contributed by atoms with Crippen LogP contribution in [0, 0.1) is 0 Å². The molecule has 3 heterocycles. The quantitative estimate of drug-likeness (QED) is 0.372. The van der Waals surface area contributed by atoms with Gasteiger partial charge in [-0.05, 0) is 58.9 Å². The summed E-state index contributed by atoms with van der Waals surface area (Å²) in [5.41, 5.74) is 0.245. The Labute approximate surface area is 186 Å². The van der Waals surface area contributed by atoms with Crippen LogP contribution in [0.15, 0.2) is 11.3 Å². The summed E-state index contributed by atoms with van der Waals surface area (Å²) in [6.45, 7) is 6.46. The lowest BCUT2D eigenvalue weighted by Gasteiger charge is -2.50. The molecule has 0 amide bonds. The molecule has 9 heteroatoms. The number of nitrogens with zero attached hydrogens (tertiary/aromatic N) is 7. The Morgan fingerprint density at radius 1 is 1.18 bits per heavy atom. The molecule has 0 radical (unpaired) electrons. The van der Waals surface area contributed by atoms with Crippen LogP contribution < -0.4 is 5.32 Å². The zero-order valence-corrected chi connectivity index (χ0v) is 20.2. The van der Waals surface area contributed by atoms with E-state index < -0.39 is 0 Å². The van der Waals surface area contributed by atoms with Gasteiger partial charge in [0.2, 0.25) is 0 Å². The molecule has 160 valence electrons. The maximum absolute atomic E-state index is 4.52. The van der Waals surface area contributed by atoms with E-state index in [9.17, 15) is 0 Å². The van der Waals surface area contributed by atoms with E-state index in [1.807, 2.05) is 18.8 Å². The van der Waals surface area contributed by atoms with Gasteiger partial charge in [-0.1, -0.05) is 6.42 Å². The number of aliphatic imine (C=N–C) groups is 1. The molecule has 0 aliphatic carbocycles. The molecular weight excluding hydrogens is 467 g/mol. The number of hydrogen-bond donors (Lipinski definition) is 1.